The molecule has 0 aliphatic carbocycles. The van der Waals surface area contributed by atoms with Gasteiger partial charge in [-0.25, -0.2) is 4.39 Å². The maximum absolute atomic E-state index is 12.8. The van der Waals surface area contributed by atoms with Crippen molar-refractivity contribution in [2.24, 2.45) is 5.16 Å². The largest absolute Gasteiger partial charge is 0.408 e. The van der Waals surface area contributed by atoms with Crippen LogP contribution in [0, 0.1) is 0 Å². The third-order valence-corrected chi connectivity index (χ3v) is 2.80. The van der Waals surface area contributed by atoms with Crippen molar-refractivity contribution >= 4 is 0 Å². The Morgan fingerprint density at radius 3 is 2.95 bits per heavy atom. The van der Waals surface area contributed by atoms with E-state index >= 15 is 0 Å². The summed E-state index contributed by atoms with van der Waals surface area (Å²) < 4.78 is 19.2. The van der Waals surface area contributed by atoms with E-state index in [0.29, 0.717) is 0 Å². The van der Waals surface area contributed by atoms with Gasteiger partial charge < -0.3 is 20.2 Å². The molecule has 0 bridgehead atoms. The Hall–Kier alpha value is -1.97. The number of halogens is 1. The number of nitrogens with one attached hydrogen (secondary N) is 1. The van der Waals surface area contributed by atoms with E-state index in [9.17, 15) is 14.3 Å². The molecule has 9 heteroatoms. The average Bonchev–Trinajstić information content (AvgIpc) is 2.74. The van der Waals surface area contributed by atoms with Crippen LogP contribution >= 0.6 is 0 Å². The summed E-state index contributed by atoms with van der Waals surface area (Å²) in [6.45, 7) is -0.509. The van der Waals surface area contributed by atoms with Gasteiger partial charge in [0.25, 0.3) is 5.56 Å². The van der Waals surface area contributed by atoms with E-state index < -0.39 is 30.6 Å². The second-order valence-corrected chi connectivity index (χ2v) is 3.90. The van der Waals surface area contributed by atoms with Crippen molar-refractivity contribution in [1.29, 1.82) is 0 Å². The van der Waals surface area contributed by atoms with Crippen LogP contribution in [0.3, 0.4) is 0 Å². The molecule has 3 atom stereocenters. The number of hydrogen-bond acceptors (Lipinski definition) is 6. The van der Waals surface area contributed by atoms with Gasteiger partial charge in [0.1, 0.15) is 12.2 Å². The highest BCUT2D eigenvalue weighted by molar-refractivity contribution is 5.16. The van der Waals surface area contributed by atoms with Crippen LogP contribution in [0.2, 0.25) is 0 Å². The van der Waals surface area contributed by atoms with Gasteiger partial charge in [-0.15, -0.1) is 0 Å². The number of aromatic nitrogens is 2. The molecular formula is C10H12FN3O5. The van der Waals surface area contributed by atoms with E-state index in [4.69, 9.17) is 15.1 Å². The SMILES string of the molecule is O=c1ccn([C@@H]2O[C@H](CO)[C@@H](O)/C2=C\F)/c(=N/O)[nH]1. The molecule has 0 spiro atoms. The number of ether oxygens (including phenoxy) is 1. The van der Waals surface area contributed by atoms with E-state index in [-0.39, 0.29) is 17.5 Å². The smallest absolute Gasteiger partial charge is 0.252 e. The van der Waals surface area contributed by atoms with E-state index in [2.05, 4.69) is 10.1 Å². The molecule has 0 aromatic carbocycles. The molecule has 2 rings (SSSR count). The molecular weight excluding hydrogens is 261 g/mol. The van der Waals surface area contributed by atoms with Crippen LogP contribution in [0.4, 0.5) is 4.39 Å². The number of nitrogens with zero attached hydrogens (tertiary/aromatic N) is 2. The maximum atomic E-state index is 12.8. The standard InChI is InChI=1S/C10H12FN3O5/c11-3-5-8(17)6(4-15)19-9(5)14-2-1-7(16)12-10(14)13-18/h1-3,6,8-9,15,17-18H,4H2,(H,12,13,16)/b5-3+/t6-,8+,9-/m1/s1. The Morgan fingerprint density at radius 2 is 2.37 bits per heavy atom. The van der Waals surface area contributed by atoms with Gasteiger partial charge in [-0.1, -0.05) is 5.16 Å². The maximum Gasteiger partial charge on any atom is 0.252 e. The first kappa shape index (κ1) is 13.5. The van der Waals surface area contributed by atoms with Gasteiger partial charge in [0.05, 0.1) is 12.9 Å². The highest BCUT2D eigenvalue weighted by atomic mass is 19.1. The molecule has 1 aliphatic rings. The third-order valence-electron chi connectivity index (χ3n) is 2.80. The topological polar surface area (TPSA) is 120 Å². The third kappa shape index (κ3) is 2.30. The number of rotatable bonds is 2. The van der Waals surface area contributed by atoms with Gasteiger partial charge in [0.15, 0.2) is 6.23 Å². The molecule has 1 aromatic rings. The normalized spacial score (nSPS) is 30.2. The van der Waals surface area contributed by atoms with Crippen LogP contribution < -0.4 is 11.2 Å². The molecule has 1 fully saturated rings. The summed E-state index contributed by atoms with van der Waals surface area (Å²) in [7, 11) is 0. The van der Waals surface area contributed by atoms with Crippen molar-refractivity contribution in [1.82, 2.24) is 9.55 Å². The van der Waals surface area contributed by atoms with Gasteiger partial charge in [-0.05, 0) is 0 Å². The second kappa shape index (κ2) is 5.34. The molecule has 0 unspecified atom stereocenters. The van der Waals surface area contributed by atoms with Crippen molar-refractivity contribution in [3.63, 3.8) is 0 Å². The highest BCUT2D eigenvalue weighted by Crippen LogP contribution is 2.33. The van der Waals surface area contributed by atoms with Crippen LogP contribution in [-0.2, 0) is 4.74 Å². The Labute approximate surface area is 105 Å². The molecule has 1 aromatic heterocycles. The first-order chi connectivity index (χ1) is 9.12. The first-order valence-corrected chi connectivity index (χ1v) is 5.36. The molecule has 1 saturated heterocycles. The van der Waals surface area contributed by atoms with Crippen LogP contribution in [0.15, 0.2) is 34.1 Å². The van der Waals surface area contributed by atoms with Crippen LogP contribution in [-0.4, -0.2) is 43.8 Å². The predicted molar refractivity (Wildman–Crippen MR) is 58.6 cm³/mol. The van der Waals surface area contributed by atoms with Gasteiger partial charge in [-0.2, -0.15) is 0 Å². The lowest BCUT2D eigenvalue weighted by atomic mass is 10.1. The Morgan fingerprint density at radius 1 is 1.63 bits per heavy atom. The summed E-state index contributed by atoms with van der Waals surface area (Å²) in [5, 5.41) is 30.4. The quantitative estimate of drug-likeness (QED) is 0.389. The lowest BCUT2D eigenvalue weighted by Gasteiger charge is -2.15. The number of H-pyrrole nitrogens is 1. The zero-order valence-corrected chi connectivity index (χ0v) is 9.60. The summed E-state index contributed by atoms with van der Waals surface area (Å²) >= 11 is 0. The van der Waals surface area contributed by atoms with E-state index in [0.717, 1.165) is 10.6 Å². The fraction of sp³-hybridized carbons (Fsp3) is 0.400. The number of aliphatic hydroxyl groups is 2. The lowest BCUT2D eigenvalue weighted by molar-refractivity contribution is -0.0455. The zero-order valence-electron chi connectivity index (χ0n) is 9.60. The van der Waals surface area contributed by atoms with Crippen LogP contribution in [0.5, 0.6) is 0 Å². The fourth-order valence-electron chi connectivity index (χ4n) is 1.87. The molecule has 0 saturated carbocycles. The molecule has 0 radical (unpaired) electrons. The summed E-state index contributed by atoms with van der Waals surface area (Å²) in [6, 6.07) is 1.12. The minimum Gasteiger partial charge on any atom is -0.408 e. The van der Waals surface area contributed by atoms with Gasteiger partial charge in [0, 0.05) is 17.8 Å². The number of aliphatic hydroxyl groups excluding tert-OH is 2. The minimum absolute atomic E-state index is 0.152. The molecule has 104 valence electrons. The van der Waals surface area contributed by atoms with Gasteiger partial charge in [-0.3, -0.25) is 14.3 Å². The van der Waals surface area contributed by atoms with Crippen molar-refractivity contribution in [3.8, 4) is 0 Å². The zero-order chi connectivity index (χ0) is 14.0. The van der Waals surface area contributed by atoms with E-state index in [1.807, 2.05) is 0 Å². The molecule has 1 aliphatic heterocycles. The van der Waals surface area contributed by atoms with Crippen molar-refractivity contribution in [2.45, 2.75) is 18.4 Å². The van der Waals surface area contributed by atoms with Crippen molar-refractivity contribution in [2.75, 3.05) is 6.61 Å². The van der Waals surface area contributed by atoms with Crippen LogP contribution in [0.25, 0.3) is 0 Å². The highest BCUT2D eigenvalue weighted by Gasteiger charge is 2.40. The molecule has 4 N–H and O–H groups in total. The van der Waals surface area contributed by atoms with Gasteiger partial charge >= 0.3 is 0 Å². The van der Waals surface area contributed by atoms with E-state index in [1.165, 1.54) is 6.20 Å². The Kier molecular flexibility index (Phi) is 3.79. The Balaban J connectivity index is 2.51. The number of aromatic amines is 1. The molecule has 19 heavy (non-hydrogen) atoms. The summed E-state index contributed by atoms with van der Waals surface area (Å²) in [5.74, 6) is 0. The van der Waals surface area contributed by atoms with E-state index in [1.54, 1.807) is 0 Å². The van der Waals surface area contributed by atoms with Gasteiger partial charge in [0.2, 0.25) is 5.62 Å². The van der Waals surface area contributed by atoms with Crippen molar-refractivity contribution < 1.29 is 24.5 Å². The fourth-order valence-corrected chi connectivity index (χ4v) is 1.87. The van der Waals surface area contributed by atoms with Crippen molar-refractivity contribution in [3.05, 3.63) is 40.1 Å². The summed E-state index contributed by atoms with van der Waals surface area (Å²) in [4.78, 5) is 13.3. The molecule has 8 nitrogen and oxygen atoms in total. The minimum atomic E-state index is -1.33. The lowest BCUT2D eigenvalue weighted by Crippen LogP contribution is -2.33. The molecule has 2 heterocycles. The average molecular weight is 273 g/mol. The monoisotopic (exact) mass is 273 g/mol. The second-order valence-electron chi connectivity index (χ2n) is 3.90. The summed E-state index contributed by atoms with van der Waals surface area (Å²) in [5.41, 5.74) is -0.948. The van der Waals surface area contributed by atoms with Crippen LogP contribution in [0.1, 0.15) is 6.23 Å². The Bertz CT molecular complexity index is 608. The predicted octanol–water partition coefficient (Wildman–Crippen LogP) is -1.43. The summed E-state index contributed by atoms with van der Waals surface area (Å²) in [6.07, 6.45) is -2.08. The molecule has 0 amide bonds. The first-order valence-electron chi connectivity index (χ1n) is 5.36. The number of hydrogen-bond donors (Lipinski definition) is 4.